The molecule has 0 spiro atoms. The van der Waals surface area contributed by atoms with Crippen molar-refractivity contribution in [2.75, 3.05) is 7.11 Å². The monoisotopic (exact) mass is 192 g/mol. The lowest BCUT2D eigenvalue weighted by Gasteiger charge is -1.99. The molecule has 0 saturated heterocycles. The lowest BCUT2D eigenvalue weighted by atomic mass is 10.2. The predicted octanol–water partition coefficient (Wildman–Crippen LogP) is 2.21. The van der Waals surface area contributed by atoms with Gasteiger partial charge in [0.2, 0.25) is 0 Å². The maximum absolute atomic E-state index is 5.05. The first kappa shape index (κ1) is 8.19. The molecule has 0 bridgehead atoms. The Hall–Kier alpha value is -1.42. The molecule has 3 nitrogen and oxygen atoms in total. The summed E-state index contributed by atoms with van der Waals surface area (Å²) in [6.45, 7) is 0. The molecule has 1 aromatic carbocycles. The maximum Gasteiger partial charge on any atom is 0.118 e. The SMILES string of the molecule is COc1ccc(-c2cnsn2)cc1. The first-order chi connectivity index (χ1) is 6.40. The lowest BCUT2D eigenvalue weighted by molar-refractivity contribution is 0.415. The highest BCUT2D eigenvalue weighted by atomic mass is 32.1. The Labute approximate surface area is 80.3 Å². The molecule has 66 valence electrons. The van der Waals surface area contributed by atoms with Gasteiger partial charge in [0.1, 0.15) is 11.4 Å². The van der Waals surface area contributed by atoms with Gasteiger partial charge in [-0.3, -0.25) is 0 Å². The highest BCUT2D eigenvalue weighted by Gasteiger charge is 1.99. The zero-order valence-corrected chi connectivity index (χ0v) is 7.91. The van der Waals surface area contributed by atoms with Gasteiger partial charge in [-0.05, 0) is 24.3 Å². The molecule has 0 aliphatic carbocycles. The van der Waals surface area contributed by atoms with E-state index in [4.69, 9.17) is 4.74 Å². The molecule has 13 heavy (non-hydrogen) atoms. The van der Waals surface area contributed by atoms with Gasteiger partial charge in [0.05, 0.1) is 25.0 Å². The van der Waals surface area contributed by atoms with Crippen LogP contribution in [-0.4, -0.2) is 15.9 Å². The van der Waals surface area contributed by atoms with E-state index in [2.05, 4.69) is 8.75 Å². The molecule has 1 heterocycles. The van der Waals surface area contributed by atoms with Crippen LogP contribution in [0.3, 0.4) is 0 Å². The van der Waals surface area contributed by atoms with E-state index in [9.17, 15) is 0 Å². The quantitative estimate of drug-likeness (QED) is 0.731. The number of nitrogens with zero attached hydrogens (tertiary/aromatic N) is 2. The van der Waals surface area contributed by atoms with Crippen molar-refractivity contribution in [3.05, 3.63) is 30.5 Å². The lowest BCUT2D eigenvalue weighted by Crippen LogP contribution is -1.82. The van der Waals surface area contributed by atoms with Crippen molar-refractivity contribution in [3.8, 4) is 17.0 Å². The van der Waals surface area contributed by atoms with Crippen LogP contribution in [-0.2, 0) is 0 Å². The van der Waals surface area contributed by atoms with E-state index in [0.717, 1.165) is 17.0 Å². The van der Waals surface area contributed by atoms with Gasteiger partial charge in [-0.25, -0.2) is 0 Å². The van der Waals surface area contributed by atoms with Gasteiger partial charge in [0.15, 0.2) is 0 Å². The van der Waals surface area contributed by atoms with E-state index in [1.807, 2.05) is 24.3 Å². The summed E-state index contributed by atoms with van der Waals surface area (Å²) in [5.74, 6) is 0.854. The molecule has 0 saturated carbocycles. The average molecular weight is 192 g/mol. The predicted molar refractivity (Wildman–Crippen MR) is 51.9 cm³/mol. The summed E-state index contributed by atoms with van der Waals surface area (Å²) < 4.78 is 13.1. The van der Waals surface area contributed by atoms with Crippen LogP contribution in [0.1, 0.15) is 0 Å². The van der Waals surface area contributed by atoms with E-state index in [-0.39, 0.29) is 0 Å². The summed E-state index contributed by atoms with van der Waals surface area (Å²) in [6.07, 6.45) is 1.76. The van der Waals surface area contributed by atoms with Gasteiger partial charge < -0.3 is 4.74 Å². The molecule has 0 aliphatic rings. The molecule has 0 unspecified atom stereocenters. The summed E-state index contributed by atoms with van der Waals surface area (Å²) in [7, 11) is 1.65. The average Bonchev–Trinajstić information content (AvgIpc) is 2.71. The van der Waals surface area contributed by atoms with E-state index in [1.165, 1.54) is 11.7 Å². The van der Waals surface area contributed by atoms with Gasteiger partial charge in [-0.15, -0.1) is 0 Å². The Morgan fingerprint density at radius 2 is 2.00 bits per heavy atom. The van der Waals surface area contributed by atoms with Crippen LogP contribution in [0.5, 0.6) is 5.75 Å². The van der Waals surface area contributed by atoms with Crippen LogP contribution in [0, 0.1) is 0 Å². The van der Waals surface area contributed by atoms with Crippen molar-refractivity contribution < 1.29 is 4.74 Å². The van der Waals surface area contributed by atoms with Crippen LogP contribution < -0.4 is 4.74 Å². The molecule has 0 N–H and O–H groups in total. The Balaban J connectivity index is 2.33. The molecule has 0 atom stereocenters. The second kappa shape index (κ2) is 3.53. The molecule has 0 radical (unpaired) electrons. The fraction of sp³-hybridized carbons (Fsp3) is 0.111. The molecule has 4 heteroatoms. The van der Waals surface area contributed by atoms with Gasteiger partial charge in [-0.2, -0.15) is 8.75 Å². The molecular weight excluding hydrogens is 184 g/mol. The van der Waals surface area contributed by atoms with Crippen molar-refractivity contribution in [1.29, 1.82) is 0 Å². The Bertz CT molecular complexity index is 369. The number of ether oxygens (including phenoxy) is 1. The van der Waals surface area contributed by atoms with Crippen LogP contribution in [0.25, 0.3) is 11.3 Å². The Kier molecular flexibility index (Phi) is 2.23. The summed E-state index contributed by atoms with van der Waals surface area (Å²) in [5, 5.41) is 0. The van der Waals surface area contributed by atoms with Gasteiger partial charge in [0.25, 0.3) is 0 Å². The van der Waals surface area contributed by atoms with Gasteiger partial charge in [-0.1, -0.05) is 0 Å². The van der Waals surface area contributed by atoms with Crippen LogP contribution in [0.2, 0.25) is 0 Å². The molecule has 0 aliphatic heterocycles. The van der Waals surface area contributed by atoms with Crippen molar-refractivity contribution in [3.63, 3.8) is 0 Å². The number of rotatable bonds is 2. The van der Waals surface area contributed by atoms with Crippen LogP contribution in [0.4, 0.5) is 0 Å². The van der Waals surface area contributed by atoms with Crippen molar-refractivity contribution in [2.24, 2.45) is 0 Å². The summed E-state index contributed by atoms with van der Waals surface area (Å²) in [5.41, 5.74) is 1.97. The van der Waals surface area contributed by atoms with E-state index < -0.39 is 0 Å². The van der Waals surface area contributed by atoms with E-state index in [1.54, 1.807) is 13.3 Å². The zero-order chi connectivity index (χ0) is 9.10. The highest BCUT2D eigenvalue weighted by molar-refractivity contribution is 6.99. The molecule has 0 amide bonds. The third kappa shape index (κ3) is 1.67. The minimum absolute atomic E-state index is 0.854. The van der Waals surface area contributed by atoms with Crippen LogP contribution in [0.15, 0.2) is 30.5 Å². The number of aromatic nitrogens is 2. The van der Waals surface area contributed by atoms with Crippen molar-refractivity contribution >= 4 is 11.7 Å². The fourth-order valence-electron chi connectivity index (χ4n) is 1.05. The third-order valence-electron chi connectivity index (χ3n) is 1.75. The minimum atomic E-state index is 0.854. The Morgan fingerprint density at radius 3 is 2.54 bits per heavy atom. The second-order valence-electron chi connectivity index (χ2n) is 2.52. The number of methoxy groups -OCH3 is 1. The first-order valence-electron chi connectivity index (χ1n) is 3.82. The van der Waals surface area contributed by atoms with Crippen molar-refractivity contribution in [2.45, 2.75) is 0 Å². The summed E-state index contributed by atoms with van der Waals surface area (Å²) >= 11 is 1.21. The van der Waals surface area contributed by atoms with Crippen molar-refractivity contribution in [1.82, 2.24) is 8.75 Å². The fourth-order valence-corrected chi connectivity index (χ4v) is 1.49. The number of benzene rings is 1. The van der Waals surface area contributed by atoms with Gasteiger partial charge >= 0.3 is 0 Å². The second-order valence-corrected chi connectivity index (χ2v) is 3.08. The molecular formula is C9H8N2OS. The standard InChI is InChI=1S/C9H8N2OS/c1-12-8-4-2-7(3-5-8)9-6-10-13-11-9/h2-6H,1H3. The molecule has 0 fully saturated rings. The first-order valence-corrected chi connectivity index (χ1v) is 4.55. The zero-order valence-electron chi connectivity index (χ0n) is 7.10. The number of hydrogen-bond acceptors (Lipinski definition) is 4. The summed E-state index contributed by atoms with van der Waals surface area (Å²) in [4.78, 5) is 0. The molecule has 2 aromatic rings. The Morgan fingerprint density at radius 1 is 1.23 bits per heavy atom. The number of hydrogen-bond donors (Lipinski definition) is 0. The highest BCUT2D eigenvalue weighted by Crippen LogP contribution is 2.20. The van der Waals surface area contributed by atoms with Gasteiger partial charge in [0, 0.05) is 5.56 Å². The topological polar surface area (TPSA) is 35.0 Å². The smallest absolute Gasteiger partial charge is 0.118 e. The maximum atomic E-state index is 5.05. The molecule has 2 rings (SSSR count). The largest absolute Gasteiger partial charge is 0.497 e. The molecule has 1 aromatic heterocycles. The third-order valence-corrected chi connectivity index (χ3v) is 2.23. The minimum Gasteiger partial charge on any atom is -0.497 e. The normalized spacial score (nSPS) is 9.92. The van der Waals surface area contributed by atoms with E-state index in [0.29, 0.717) is 0 Å². The van der Waals surface area contributed by atoms with Crippen LogP contribution >= 0.6 is 11.7 Å². The summed E-state index contributed by atoms with van der Waals surface area (Å²) in [6, 6.07) is 7.76. The van der Waals surface area contributed by atoms with E-state index >= 15 is 0 Å².